The van der Waals surface area contributed by atoms with Crippen molar-refractivity contribution >= 4 is 40.0 Å². The third-order valence-electron chi connectivity index (χ3n) is 6.22. The molecule has 1 aliphatic heterocycles. The second-order valence-electron chi connectivity index (χ2n) is 9.24. The normalized spacial score (nSPS) is 17.1. The van der Waals surface area contributed by atoms with Gasteiger partial charge in [-0.05, 0) is 47.9 Å². The average molecular weight is 496 g/mol. The summed E-state index contributed by atoms with van der Waals surface area (Å²) in [5, 5.41) is 12.1. The van der Waals surface area contributed by atoms with Crippen molar-refractivity contribution in [1.82, 2.24) is 9.97 Å². The molecule has 2 N–H and O–H groups in total. The Morgan fingerprint density at radius 2 is 1.84 bits per heavy atom. The first-order chi connectivity index (χ1) is 17.9. The van der Waals surface area contributed by atoms with Crippen LogP contribution in [-0.2, 0) is 14.3 Å². The number of aromatic nitrogens is 2. The van der Waals surface area contributed by atoms with Crippen molar-refractivity contribution in [3.63, 3.8) is 0 Å². The maximum atomic E-state index is 13.4. The summed E-state index contributed by atoms with van der Waals surface area (Å²) in [5.41, 5.74) is 2.46. The molecule has 0 saturated carbocycles. The van der Waals surface area contributed by atoms with E-state index in [0.29, 0.717) is 29.0 Å². The number of carbonyl (C=O) groups excluding carboxylic acids is 3. The number of ketones is 1. The van der Waals surface area contributed by atoms with Gasteiger partial charge in [0.2, 0.25) is 0 Å². The minimum absolute atomic E-state index is 0.0387. The summed E-state index contributed by atoms with van der Waals surface area (Å²) < 4.78 is 5.28. The zero-order valence-corrected chi connectivity index (χ0v) is 20.3. The van der Waals surface area contributed by atoms with Gasteiger partial charge in [-0.15, -0.1) is 0 Å². The Balaban J connectivity index is 1.60. The van der Waals surface area contributed by atoms with Gasteiger partial charge in [-0.1, -0.05) is 38.1 Å². The van der Waals surface area contributed by atoms with Crippen LogP contribution in [0.3, 0.4) is 0 Å². The second kappa shape index (κ2) is 9.73. The van der Waals surface area contributed by atoms with Crippen molar-refractivity contribution in [2.24, 2.45) is 5.92 Å². The maximum absolute atomic E-state index is 13.4. The van der Waals surface area contributed by atoms with Crippen molar-refractivity contribution in [3.8, 4) is 0 Å². The first-order valence-electron chi connectivity index (χ1n) is 11.9. The summed E-state index contributed by atoms with van der Waals surface area (Å²) in [5.74, 6) is -2.14. The number of para-hydroxylation sites is 1. The number of aliphatic hydroxyl groups is 1. The molecule has 5 rings (SSSR count). The molecule has 3 heterocycles. The van der Waals surface area contributed by atoms with E-state index in [2.05, 4.69) is 9.97 Å². The van der Waals surface area contributed by atoms with Crippen LogP contribution in [0.15, 0.2) is 84.8 Å². The van der Waals surface area contributed by atoms with Crippen molar-refractivity contribution in [2.75, 3.05) is 11.5 Å². The number of amides is 1. The molecular formula is C29H25N3O5. The van der Waals surface area contributed by atoms with Gasteiger partial charge in [0.05, 0.1) is 23.8 Å². The van der Waals surface area contributed by atoms with Gasteiger partial charge in [-0.3, -0.25) is 19.5 Å². The monoisotopic (exact) mass is 495 g/mol. The number of esters is 1. The molecule has 1 atom stereocenters. The number of hydrogen-bond acceptors (Lipinski definition) is 6. The van der Waals surface area contributed by atoms with Gasteiger partial charge in [-0.2, -0.15) is 0 Å². The molecule has 1 unspecified atom stereocenters. The molecule has 8 heteroatoms. The Labute approximate surface area is 213 Å². The number of aromatic amines is 1. The molecule has 186 valence electrons. The molecule has 8 nitrogen and oxygen atoms in total. The number of carbonyl (C=O) groups is 3. The number of aliphatic hydroxyl groups excluding tert-OH is 1. The SMILES string of the molecule is CC(C)COC(=O)c1ccc(N2C(=O)C(=O)/C(=C(\O)c3c[nH]c4ccccc34)C2c2cccnc2)cc1. The van der Waals surface area contributed by atoms with Gasteiger partial charge in [0.1, 0.15) is 5.76 Å². The lowest BCUT2D eigenvalue weighted by Crippen LogP contribution is -2.29. The highest BCUT2D eigenvalue weighted by molar-refractivity contribution is 6.51. The molecule has 1 fully saturated rings. The fourth-order valence-corrected chi connectivity index (χ4v) is 4.45. The van der Waals surface area contributed by atoms with Crippen molar-refractivity contribution in [1.29, 1.82) is 0 Å². The number of benzene rings is 2. The highest BCUT2D eigenvalue weighted by Crippen LogP contribution is 2.42. The maximum Gasteiger partial charge on any atom is 0.338 e. The van der Waals surface area contributed by atoms with E-state index in [-0.39, 0.29) is 17.3 Å². The molecule has 0 bridgehead atoms. The first kappa shape index (κ1) is 24.0. The number of H-pyrrole nitrogens is 1. The van der Waals surface area contributed by atoms with Gasteiger partial charge < -0.3 is 14.8 Å². The van der Waals surface area contributed by atoms with Gasteiger partial charge in [0.15, 0.2) is 0 Å². The number of Topliss-reactive ketones (excluding diaryl/α,β-unsaturated/α-hetero) is 1. The van der Waals surface area contributed by atoms with Crippen molar-refractivity contribution in [2.45, 2.75) is 19.9 Å². The molecule has 0 radical (unpaired) electrons. The van der Waals surface area contributed by atoms with Crippen molar-refractivity contribution < 1.29 is 24.2 Å². The summed E-state index contributed by atoms with van der Waals surface area (Å²) in [6.45, 7) is 4.19. The molecule has 2 aromatic carbocycles. The fourth-order valence-electron chi connectivity index (χ4n) is 4.45. The number of ether oxygens (including phenoxy) is 1. The summed E-state index contributed by atoms with van der Waals surface area (Å²) >= 11 is 0. The number of pyridine rings is 1. The van der Waals surface area contributed by atoms with Crippen LogP contribution in [0.4, 0.5) is 5.69 Å². The van der Waals surface area contributed by atoms with Crippen LogP contribution < -0.4 is 4.90 Å². The van der Waals surface area contributed by atoms with Crippen molar-refractivity contribution in [3.05, 3.63) is 102 Å². The zero-order valence-electron chi connectivity index (χ0n) is 20.3. The highest BCUT2D eigenvalue weighted by Gasteiger charge is 2.47. The van der Waals surface area contributed by atoms with Crippen LogP contribution >= 0.6 is 0 Å². The number of rotatable bonds is 6. The van der Waals surface area contributed by atoms with Crippen LogP contribution in [0.2, 0.25) is 0 Å². The average Bonchev–Trinajstić information content (AvgIpc) is 3.46. The lowest BCUT2D eigenvalue weighted by atomic mass is 9.96. The van der Waals surface area contributed by atoms with E-state index in [0.717, 1.165) is 10.9 Å². The first-order valence-corrected chi connectivity index (χ1v) is 11.9. The van der Waals surface area contributed by atoms with E-state index < -0.39 is 23.7 Å². The lowest BCUT2D eigenvalue weighted by Gasteiger charge is -2.25. The molecule has 2 aromatic heterocycles. The van der Waals surface area contributed by atoms with E-state index in [9.17, 15) is 19.5 Å². The summed E-state index contributed by atoms with van der Waals surface area (Å²) in [6, 6.07) is 16.2. The number of hydrogen-bond donors (Lipinski definition) is 2. The molecule has 4 aromatic rings. The van der Waals surface area contributed by atoms with Gasteiger partial charge in [-0.25, -0.2) is 4.79 Å². The largest absolute Gasteiger partial charge is 0.507 e. The smallest absolute Gasteiger partial charge is 0.338 e. The van der Waals surface area contributed by atoms with Crippen LogP contribution in [0.1, 0.15) is 41.4 Å². The second-order valence-corrected chi connectivity index (χ2v) is 9.24. The predicted molar refractivity (Wildman–Crippen MR) is 139 cm³/mol. The Kier molecular flexibility index (Phi) is 6.31. The van der Waals surface area contributed by atoms with E-state index in [1.54, 1.807) is 55.0 Å². The Morgan fingerprint density at radius 3 is 2.54 bits per heavy atom. The topological polar surface area (TPSA) is 113 Å². The molecule has 37 heavy (non-hydrogen) atoms. The third kappa shape index (κ3) is 4.38. The number of nitrogens with zero attached hydrogens (tertiary/aromatic N) is 2. The molecule has 0 spiro atoms. The van der Waals surface area contributed by atoms with E-state index in [4.69, 9.17) is 4.74 Å². The molecular weight excluding hydrogens is 470 g/mol. The van der Waals surface area contributed by atoms with E-state index in [1.807, 2.05) is 38.1 Å². The van der Waals surface area contributed by atoms with Gasteiger partial charge >= 0.3 is 5.97 Å². The van der Waals surface area contributed by atoms with Crippen LogP contribution in [0, 0.1) is 5.92 Å². The molecule has 1 aliphatic rings. The Morgan fingerprint density at radius 1 is 1.08 bits per heavy atom. The Bertz CT molecular complexity index is 1520. The number of fused-ring (bicyclic) bond motifs is 1. The van der Waals surface area contributed by atoms with Crippen LogP contribution in [-0.4, -0.2) is 39.3 Å². The molecule has 1 amide bonds. The lowest BCUT2D eigenvalue weighted by molar-refractivity contribution is -0.132. The number of nitrogens with one attached hydrogen (secondary N) is 1. The summed E-state index contributed by atoms with van der Waals surface area (Å²) in [7, 11) is 0. The van der Waals surface area contributed by atoms with E-state index >= 15 is 0 Å². The minimum atomic E-state index is -0.916. The fraction of sp³-hybridized carbons (Fsp3) is 0.172. The summed E-state index contributed by atoms with van der Waals surface area (Å²) in [4.78, 5) is 47.6. The zero-order chi connectivity index (χ0) is 26.1. The Hall–Kier alpha value is -4.72. The van der Waals surface area contributed by atoms with Gasteiger partial charge in [0.25, 0.3) is 11.7 Å². The van der Waals surface area contributed by atoms with E-state index in [1.165, 1.54) is 4.90 Å². The predicted octanol–water partition coefficient (Wildman–Crippen LogP) is 5.00. The number of anilines is 1. The highest BCUT2D eigenvalue weighted by atomic mass is 16.5. The minimum Gasteiger partial charge on any atom is -0.507 e. The third-order valence-corrected chi connectivity index (χ3v) is 6.22. The quantitative estimate of drug-likeness (QED) is 0.168. The van der Waals surface area contributed by atoms with Gasteiger partial charge in [0, 0.05) is 40.7 Å². The standard InChI is InChI=1S/C29H25N3O5/c1-17(2)16-37-29(36)18-9-11-20(12-10-18)32-25(19-6-5-13-30-14-19)24(27(34)28(32)35)26(33)22-15-31-23-8-4-3-7-21(22)23/h3-15,17,25,31,33H,16H2,1-2H3/b26-24-. The molecule has 1 saturated heterocycles. The van der Waals surface area contributed by atoms with Crippen LogP contribution in [0.5, 0.6) is 0 Å². The summed E-state index contributed by atoms with van der Waals surface area (Å²) in [6.07, 6.45) is 4.77. The van der Waals surface area contributed by atoms with Crippen LogP contribution in [0.25, 0.3) is 16.7 Å². The molecule has 0 aliphatic carbocycles.